The second kappa shape index (κ2) is 14.7. The molecule has 2 heteroatoms. The molecule has 0 aromatic carbocycles. The van der Waals surface area contributed by atoms with E-state index in [0.29, 0.717) is 0 Å². The Morgan fingerprint density at radius 3 is 1.38 bits per heavy atom. The van der Waals surface area contributed by atoms with Crippen LogP contribution >= 0.6 is 15.9 Å². The summed E-state index contributed by atoms with van der Waals surface area (Å²) in [5.41, 5.74) is 0. The smallest absolute Gasteiger partial charge is 0.273 e. The van der Waals surface area contributed by atoms with Gasteiger partial charge in [-0.05, 0) is 5.83 Å². The molecule has 0 saturated carbocycles. The fourth-order valence-corrected chi connectivity index (χ4v) is 0.680. The van der Waals surface area contributed by atoms with Gasteiger partial charge in [0.2, 0.25) is 0 Å². The monoisotopic (exact) mass is 272 g/mol. The summed E-state index contributed by atoms with van der Waals surface area (Å²) in [7, 11) is 0. The third-order valence-corrected chi connectivity index (χ3v) is 1.17. The van der Waals surface area contributed by atoms with Gasteiger partial charge < -0.3 is 0 Å². The van der Waals surface area contributed by atoms with Gasteiger partial charge in [0.25, 0.3) is 0 Å². The summed E-state index contributed by atoms with van der Waals surface area (Å²) >= 11 is 2.94. The van der Waals surface area contributed by atoms with E-state index in [1.807, 2.05) is 30.1 Å². The van der Waals surface area contributed by atoms with Crippen molar-refractivity contribution in [1.29, 1.82) is 0 Å². The molecule has 0 N–H and O–H groups in total. The topological polar surface area (TPSA) is 0 Å². The number of hydrogen-bond donors (Lipinski definition) is 0. The van der Waals surface area contributed by atoms with Gasteiger partial charge in [-0.25, -0.2) is 24.3 Å². The molecular formula is C11H13BrTi. The van der Waals surface area contributed by atoms with E-state index in [0.717, 1.165) is 12.8 Å². The quantitative estimate of drug-likeness (QED) is 0.359. The molecule has 0 unspecified atom stereocenters. The summed E-state index contributed by atoms with van der Waals surface area (Å²) in [6.45, 7) is 0. The molecular weight excluding hydrogens is 260 g/mol. The summed E-state index contributed by atoms with van der Waals surface area (Å²) in [4.78, 5) is 0. The average Bonchev–Trinajstić information content (AvgIpc) is 2.87. The van der Waals surface area contributed by atoms with Crippen molar-refractivity contribution in [3.05, 3.63) is 48.6 Å². The molecule has 0 heterocycles. The zero-order valence-corrected chi connectivity index (χ0v) is 10.9. The van der Waals surface area contributed by atoms with Crippen molar-refractivity contribution < 1.29 is 21.7 Å². The molecule has 0 fully saturated rings. The Kier molecular flexibility index (Phi) is 17.6. The van der Waals surface area contributed by atoms with Crippen LogP contribution in [0.25, 0.3) is 0 Å². The first-order valence-corrected chi connectivity index (χ1v) is 5.40. The first kappa shape index (κ1) is 15.6. The van der Waals surface area contributed by atoms with Gasteiger partial charge in [0.15, 0.2) is 0 Å². The van der Waals surface area contributed by atoms with Gasteiger partial charge in [-0.1, -0.05) is 15.9 Å². The predicted molar refractivity (Wildman–Crippen MR) is 58.0 cm³/mol. The summed E-state index contributed by atoms with van der Waals surface area (Å²) in [5, 5.41) is 0. The van der Waals surface area contributed by atoms with Crippen LogP contribution in [-0.2, 0) is 21.7 Å². The van der Waals surface area contributed by atoms with Crippen LogP contribution in [0.1, 0.15) is 12.8 Å². The Hall–Kier alpha value is 0.154. The van der Waals surface area contributed by atoms with E-state index in [-0.39, 0.29) is 21.7 Å². The summed E-state index contributed by atoms with van der Waals surface area (Å²) in [6, 6.07) is 0. The predicted octanol–water partition coefficient (Wildman–Crippen LogP) is 3.62. The second-order valence-corrected chi connectivity index (χ2v) is 2.01. The fraction of sp³-hybridized carbons (Fsp3) is 0.273. The van der Waals surface area contributed by atoms with E-state index in [1.54, 1.807) is 0 Å². The Labute approximate surface area is 105 Å². The van der Waals surface area contributed by atoms with Crippen LogP contribution in [0.15, 0.2) is 36.5 Å². The van der Waals surface area contributed by atoms with Gasteiger partial charge in [0.05, 0.1) is 0 Å². The molecule has 0 radical (unpaired) electrons. The molecule has 0 aromatic heterocycles. The molecule has 0 aromatic rings. The molecule has 13 heavy (non-hydrogen) atoms. The number of alkyl halides is 1. The average molecular weight is 273 g/mol. The summed E-state index contributed by atoms with van der Waals surface area (Å²) in [6.07, 6.45) is 20.0. The summed E-state index contributed by atoms with van der Waals surface area (Å²) in [5.74, 6) is 1.81. The summed E-state index contributed by atoms with van der Waals surface area (Å²) < 4.78 is 0. The third kappa shape index (κ3) is 12.2. The molecule has 0 saturated heterocycles. The van der Waals surface area contributed by atoms with Crippen molar-refractivity contribution in [3.63, 3.8) is 0 Å². The van der Waals surface area contributed by atoms with E-state index in [1.165, 1.54) is 0 Å². The number of halogens is 1. The molecule has 0 atom stereocenters. The molecule has 68 valence electrons. The van der Waals surface area contributed by atoms with Gasteiger partial charge in [-0.3, -0.25) is 12.2 Å². The first-order chi connectivity index (χ1) is 6.00. The zero-order chi connectivity index (χ0) is 9.07. The molecule has 2 rings (SSSR count). The zero-order valence-electron chi connectivity index (χ0n) is 7.76. The van der Waals surface area contributed by atoms with E-state index < -0.39 is 0 Å². The van der Waals surface area contributed by atoms with Crippen molar-refractivity contribution in [2.75, 3.05) is 5.83 Å². The molecule has 0 amide bonds. The molecule has 0 spiro atoms. The number of hydrogen-bond acceptors (Lipinski definition) is 0. The van der Waals surface area contributed by atoms with Crippen molar-refractivity contribution in [1.82, 2.24) is 0 Å². The van der Waals surface area contributed by atoms with E-state index >= 15 is 0 Å². The van der Waals surface area contributed by atoms with Crippen molar-refractivity contribution in [3.8, 4) is 0 Å². The maximum absolute atomic E-state index is 2.99. The van der Waals surface area contributed by atoms with Gasteiger partial charge >= 0.3 is 21.7 Å². The van der Waals surface area contributed by atoms with Crippen LogP contribution < -0.4 is 0 Å². The molecule has 0 aliphatic heterocycles. The Bertz CT molecular complexity index is 148. The van der Waals surface area contributed by atoms with Gasteiger partial charge in [-0.15, -0.1) is 12.8 Å². The SMILES string of the molecule is CBr.[C-]1=CC=CC1.[C-]1=CC=CC1.[Ti+2]. The molecule has 0 bridgehead atoms. The van der Waals surface area contributed by atoms with E-state index in [9.17, 15) is 0 Å². The van der Waals surface area contributed by atoms with Crippen LogP contribution in [0.3, 0.4) is 0 Å². The minimum Gasteiger partial charge on any atom is -0.273 e. The van der Waals surface area contributed by atoms with Crippen LogP contribution in [0, 0.1) is 12.2 Å². The third-order valence-electron chi connectivity index (χ3n) is 1.17. The normalized spacial score (nSPS) is 14.0. The van der Waals surface area contributed by atoms with Crippen molar-refractivity contribution in [2.24, 2.45) is 0 Å². The number of rotatable bonds is 0. The minimum atomic E-state index is 0. The van der Waals surface area contributed by atoms with E-state index in [4.69, 9.17) is 0 Å². The standard InChI is InChI=1S/2C5H5.CH3Br.Ti/c2*1-2-4-5-3-1;1-2;/h2*1-3H,4H2;1H3;/q2*-1;;+2. The molecule has 2 aliphatic rings. The Morgan fingerprint density at radius 1 is 0.923 bits per heavy atom. The van der Waals surface area contributed by atoms with Crippen LogP contribution in [0.5, 0.6) is 0 Å². The fourth-order valence-electron chi connectivity index (χ4n) is 0.680. The van der Waals surface area contributed by atoms with Crippen molar-refractivity contribution >= 4 is 15.9 Å². The molecule has 2 aliphatic carbocycles. The Morgan fingerprint density at radius 2 is 1.31 bits per heavy atom. The maximum atomic E-state index is 2.99. The van der Waals surface area contributed by atoms with Crippen LogP contribution in [0.2, 0.25) is 0 Å². The van der Waals surface area contributed by atoms with Gasteiger partial charge in [0.1, 0.15) is 0 Å². The van der Waals surface area contributed by atoms with Crippen LogP contribution in [0.4, 0.5) is 0 Å². The second-order valence-electron chi connectivity index (χ2n) is 2.01. The van der Waals surface area contributed by atoms with Crippen molar-refractivity contribution in [2.45, 2.75) is 12.8 Å². The minimum absolute atomic E-state index is 0. The maximum Gasteiger partial charge on any atom is 2.00 e. The molecule has 0 nitrogen and oxygen atoms in total. The van der Waals surface area contributed by atoms with Crippen LogP contribution in [-0.4, -0.2) is 5.83 Å². The number of allylic oxidation sites excluding steroid dienone is 8. The van der Waals surface area contributed by atoms with Gasteiger partial charge in [0, 0.05) is 0 Å². The first-order valence-electron chi connectivity index (χ1n) is 3.81. The Balaban J connectivity index is 0. The van der Waals surface area contributed by atoms with Gasteiger partial charge in [-0.2, -0.15) is 12.2 Å². The largest absolute Gasteiger partial charge is 2.00 e. The van der Waals surface area contributed by atoms with E-state index in [2.05, 4.69) is 40.2 Å².